The molecular weight excluding hydrogens is 402 g/mol. The molecule has 0 radical (unpaired) electrons. The largest absolute Gasteiger partial charge is 0.481 e. The van der Waals surface area contributed by atoms with Gasteiger partial charge in [-0.3, -0.25) is 14.3 Å². The maximum Gasteiger partial charge on any atom is 0.303 e. The van der Waals surface area contributed by atoms with E-state index in [1.807, 2.05) is 17.5 Å². The zero-order valence-electron chi connectivity index (χ0n) is 15.0. The van der Waals surface area contributed by atoms with Crippen molar-refractivity contribution in [2.24, 2.45) is 5.10 Å². The molecule has 0 saturated heterocycles. The Hall–Kier alpha value is -2.72. The maximum atomic E-state index is 12.5. The lowest BCUT2D eigenvalue weighted by atomic mass is 10.0. The van der Waals surface area contributed by atoms with Crippen LogP contribution >= 0.6 is 11.3 Å². The van der Waals surface area contributed by atoms with Gasteiger partial charge in [-0.1, -0.05) is 18.2 Å². The number of aliphatic carboxylic acids is 1. The van der Waals surface area contributed by atoms with E-state index in [1.54, 1.807) is 24.3 Å². The van der Waals surface area contributed by atoms with Crippen molar-refractivity contribution in [3.8, 4) is 0 Å². The summed E-state index contributed by atoms with van der Waals surface area (Å²) in [5.74, 6) is -1.37. The number of nitrogens with one attached hydrogen (secondary N) is 1. The summed E-state index contributed by atoms with van der Waals surface area (Å²) in [7, 11) is -3.36. The Morgan fingerprint density at radius 3 is 2.54 bits per heavy atom. The van der Waals surface area contributed by atoms with Crippen molar-refractivity contribution in [1.29, 1.82) is 0 Å². The van der Waals surface area contributed by atoms with Crippen LogP contribution in [0.3, 0.4) is 0 Å². The maximum absolute atomic E-state index is 12.5. The van der Waals surface area contributed by atoms with E-state index in [9.17, 15) is 18.0 Å². The van der Waals surface area contributed by atoms with Crippen LogP contribution in [0.15, 0.2) is 46.9 Å². The van der Waals surface area contributed by atoms with Gasteiger partial charge in [0.2, 0.25) is 15.9 Å². The number of hydrazone groups is 1. The zero-order chi connectivity index (χ0) is 20.3. The lowest BCUT2D eigenvalue weighted by molar-refractivity contribution is -0.141. The van der Waals surface area contributed by atoms with Crippen molar-refractivity contribution in [1.82, 2.24) is 5.01 Å². The van der Waals surface area contributed by atoms with Gasteiger partial charge in [-0.05, 0) is 29.1 Å². The molecule has 3 rings (SSSR count). The van der Waals surface area contributed by atoms with Gasteiger partial charge in [0.05, 0.1) is 24.4 Å². The van der Waals surface area contributed by atoms with Gasteiger partial charge in [-0.15, -0.1) is 11.3 Å². The third kappa shape index (κ3) is 4.96. The van der Waals surface area contributed by atoms with Gasteiger partial charge < -0.3 is 5.11 Å². The van der Waals surface area contributed by atoms with Crippen LogP contribution in [0.5, 0.6) is 0 Å². The fraction of sp³-hybridized carbons (Fsp3) is 0.278. The van der Waals surface area contributed by atoms with E-state index in [2.05, 4.69) is 9.82 Å². The van der Waals surface area contributed by atoms with Crippen LogP contribution in [0.2, 0.25) is 0 Å². The standard InChI is InChI=1S/C18H19N3O5S2/c1-28(25,26)20-13-6-4-12(5-7-13)14-11-15(16-3-2-10-27-16)21(19-14)17(22)8-9-18(23)24/h2-7,10,15,20H,8-9,11H2,1H3,(H,23,24). The van der Waals surface area contributed by atoms with Gasteiger partial charge in [0.15, 0.2) is 0 Å². The highest BCUT2D eigenvalue weighted by molar-refractivity contribution is 7.92. The summed E-state index contributed by atoms with van der Waals surface area (Å²) in [4.78, 5) is 24.3. The molecule has 0 spiro atoms. The van der Waals surface area contributed by atoms with Crippen LogP contribution < -0.4 is 4.72 Å². The molecule has 1 aliphatic heterocycles. The molecule has 1 aliphatic rings. The molecule has 1 unspecified atom stereocenters. The minimum Gasteiger partial charge on any atom is -0.481 e. The molecule has 0 saturated carbocycles. The summed E-state index contributed by atoms with van der Waals surface area (Å²) >= 11 is 1.51. The van der Waals surface area contributed by atoms with Crippen molar-refractivity contribution >= 4 is 44.6 Å². The van der Waals surface area contributed by atoms with E-state index < -0.39 is 16.0 Å². The fourth-order valence-corrected chi connectivity index (χ4v) is 4.27. The molecule has 148 valence electrons. The van der Waals surface area contributed by atoms with E-state index >= 15 is 0 Å². The summed E-state index contributed by atoms with van der Waals surface area (Å²) in [6.45, 7) is 0. The van der Waals surface area contributed by atoms with Crippen molar-refractivity contribution in [2.75, 3.05) is 11.0 Å². The second-order valence-electron chi connectivity index (χ2n) is 6.37. The lowest BCUT2D eigenvalue weighted by Gasteiger charge is -2.20. The SMILES string of the molecule is CS(=O)(=O)Nc1ccc(C2=NN(C(=O)CCC(=O)O)C(c3cccs3)C2)cc1. The lowest BCUT2D eigenvalue weighted by Crippen LogP contribution is -2.26. The zero-order valence-corrected chi connectivity index (χ0v) is 16.7. The number of carboxylic acid groups (broad SMARTS) is 1. The van der Waals surface area contributed by atoms with Gasteiger partial charge in [-0.25, -0.2) is 13.4 Å². The number of amides is 1. The van der Waals surface area contributed by atoms with Crippen molar-refractivity contribution in [3.63, 3.8) is 0 Å². The van der Waals surface area contributed by atoms with Crippen molar-refractivity contribution < 1.29 is 23.1 Å². The van der Waals surface area contributed by atoms with Gasteiger partial charge >= 0.3 is 5.97 Å². The molecule has 0 aliphatic carbocycles. The van der Waals surface area contributed by atoms with Gasteiger partial charge in [0.1, 0.15) is 0 Å². The normalized spacial score (nSPS) is 16.7. The first kappa shape index (κ1) is 20.0. The molecule has 2 N–H and O–H groups in total. The van der Waals surface area contributed by atoms with Crippen LogP contribution in [0, 0.1) is 0 Å². The highest BCUT2D eigenvalue weighted by Crippen LogP contribution is 2.35. The molecule has 1 aromatic carbocycles. The van der Waals surface area contributed by atoms with Crippen LogP contribution in [-0.4, -0.2) is 42.4 Å². The summed E-state index contributed by atoms with van der Waals surface area (Å²) in [6, 6.07) is 10.3. The third-order valence-corrected chi connectivity index (χ3v) is 5.69. The highest BCUT2D eigenvalue weighted by Gasteiger charge is 2.33. The molecule has 0 bridgehead atoms. The predicted octanol–water partition coefficient (Wildman–Crippen LogP) is 2.66. The Bertz CT molecular complexity index is 998. The Balaban J connectivity index is 1.83. The van der Waals surface area contributed by atoms with E-state index in [-0.39, 0.29) is 24.8 Å². The smallest absolute Gasteiger partial charge is 0.303 e. The molecule has 2 heterocycles. The minimum absolute atomic E-state index is 0.120. The summed E-state index contributed by atoms with van der Waals surface area (Å²) in [5.41, 5.74) is 1.90. The Kier molecular flexibility index (Phi) is 5.80. The summed E-state index contributed by atoms with van der Waals surface area (Å²) < 4.78 is 25.0. The van der Waals surface area contributed by atoms with E-state index in [1.165, 1.54) is 16.3 Å². The third-order valence-electron chi connectivity index (χ3n) is 4.11. The van der Waals surface area contributed by atoms with Gasteiger partial charge in [0, 0.05) is 23.4 Å². The number of benzene rings is 1. The van der Waals surface area contributed by atoms with Gasteiger partial charge in [0.25, 0.3) is 0 Å². The van der Waals surface area contributed by atoms with E-state index in [0.29, 0.717) is 17.8 Å². The Morgan fingerprint density at radius 1 is 1.25 bits per heavy atom. The molecule has 10 heteroatoms. The number of anilines is 1. The Morgan fingerprint density at radius 2 is 1.96 bits per heavy atom. The first-order valence-corrected chi connectivity index (χ1v) is 11.2. The van der Waals surface area contributed by atoms with E-state index in [0.717, 1.165) is 16.7 Å². The molecule has 8 nitrogen and oxygen atoms in total. The average molecular weight is 422 g/mol. The van der Waals surface area contributed by atoms with Crippen LogP contribution in [-0.2, 0) is 19.6 Å². The molecular formula is C18H19N3O5S2. The topological polar surface area (TPSA) is 116 Å². The number of carboxylic acids is 1. The molecule has 1 amide bonds. The van der Waals surface area contributed by atoms with Crippen molar-refractivity contribution in [3.05, 3.63) is 52.2 Å². The fourth-order valence-electron chi connectivity index (χ4n) is 2.89. The minimum atomic E-state index is -3.36. The number of carbonyl (C=O) groups excluding carboxylic acids is 1. The predicted molar refractivity (Wildman–Crippen MR) is 107 cm³/mol. The monoisotopic (exact) mass is 421 g/mol. The van der Waals surface area contributed by atoms with Gasteiger partial charge in [-0.2, -0.15) is 5.10 Å². The number of nitrogens with zero attached hydrogens (tertiary/aromatic N) is 2. The quantitative estimate of drug-likeness (QED) is 0.713. The summed E-state index contributed by atoms with van der Waals surface area (Å²) in [5, 5.41) is 16.6. The molecule has 28 heavy (non-hydrogen) atoms. The number of sulfonamides is 1. The second-order valence-corrected chi connectivity index (χ2v) is 9.09. The molecule has 2 aromatic rings. The highest BCUT2D eigenvalue weighted by atomic mass is 32.2. The van der Waals surface area contributed by atoms with Crippen LogP contribution in [0.25, 0.3) is 0 Å². The number of hydrogen-bond donors (Lipinski definition) is 2. The van der Waals surface area contributed by atoms with Crippen LogP contribution in [0.1, 0.15) is 35.7 Å². The van der Waals surface area contributed by atoms with Crippen molar-refractivity contribution in [2.45, 2.75) is 25.3 Å². The van der Waals surface area contributed by atoms with Crippen LogP contribution in [0.4, 0.5) is 5.69 Å². The number of rotatable bonds is 7. The summed E-state index contributed by atoms with van der Waals surface area (Å²) in [6.07, 6.45) is 1.21. The number of hydrogen-bond acceptors (Lipinski definition) is 6. The van der Waals surface area contributed by atoms with E-state index in [4.69, 9.17) is 5.11 Å². The number of thiophene rings is 1. The number of carbonyl (C=O) groups is 2. The molecule has 1 aromatic heterocycles. The molecule has 1 atom stereocenters. The average Bonchev–Trinajstić information content (AvgIpc) is 3.28. The first-order valence-electron chi connectivity index (χ1n) is 8.46. The first-order chi connectivity index (χ1) is 13.2. The second kappa shape index (κ2) is 8.11. The Labute approximate surface area is 166 Å². The molecule has 0 fully saturated rings.